The van der Waals surface area contributed by atoms with Crippen LogP contribution in [0.15, 0.2) is 18.2 Å². The number of aromatic nitrogens is 3. The van der Waals surface area contributed by atoms with Crippen LogP contribution < -0.4 is 0 Å². The van der Waals surface area contributed by atoms with Crippen LogP contribution in [0.2, 0.25) is 0 Å². The van der Waals surface area contributed by atoms with Crippen molar-refractivity contribution < 1.29 is 14.3 Å². The number of hydrogen-bond acceptors (Lipinski definition) is 2. The van der Waals surface area contributed by atoms with Crippen molar-refractivity contribution in [2.45, 2.75) is 0 Å². The number of carboxylic acid groups (broad SMARTS) is 1. The minimum absolute atomic E-state index is 0.0353. The Morgan fingerprint density at radius 1 is 1.44 bits per heavy atom. The predicted molar refractivity (Wildman–Crippen MR) is 54.9 cm³/mol. The molecule has 1 aromatic carbocycles. The average molecular weight is 219 g/mol. The van der Waals surface area contributed by atoms with E-state index in [-0.39, 0.29) is 11.2 Å². The molecule has 0 aliphatic rings. The number of H-pyrrole nitrogens is 2. The third-order valence-corrected chi connectivity index (χ3v) is 2.51. The Bertz CT molecular complexity index is 713. The highest BCUT2D eigenvalue weighted by Gasteiger charge is 2.18. The lowest BCUT2D eigenvalue weighted by molar-refractivity contribution is 0.0692. The quantitative estimate of drug-likeness (QED) is 0.584. The Morgan fingerprint density at radius 3 is 3.00 bits per heavy atom. The number of nitrogens with one attached hydrogen (secondary N) is 2. The van der Waals surface area contributed by atoms with Gasteiger partial charge in [-0.05, 0) is 6.07 Å². The maximum atomic E-state index is 13.4. The van der Waals surface area contributed by atoms with E-state index in [0.29, 0.717) is 16.4 Å². The van der Waals surface area contributed by atoms with E-state index in [0.717, 1.165) is 0 Å². The summed E-state index contributed by atoms with van der Waals surface area (Å²) < 4.78 is 13.4. The van der Waals surface area contributed by atoms with E-state index in [1.54, 1.807) is 6.07 Å². The van der Waals surface area contributed by atoms with E-state index in [2.05, 4.69) is 15.2 Å². The molecule has 0 unspecified atom stereocenters. The van der Waals surface area contributed by atoms with Crippen molar-refractivity contribution in [3.63, 3.8) is 0 Å². The average Bonchev–Trinajstić information content (AvgIpc) is 2.77. The minimum atomic E-state index is -1.12. The molecule has 6 heteroatoms. The molecule has 0 spiro atoms. The number of para-hydroxylation sites is 1. The van der Waals surface area contributed by atoms with Crippen LogP contribution in [0.1, 0.15) is 10.5 Å². The second kappa shape index (κ2) is 2.82. The molecule has 0 atom stereocenters. The summed E-state index contributed by atoms with van der Waals surface area (Å²) in [5.74, 6) is -1.54. The molecule has 5 nitrogen and oxygen atoms in total. The molecule has 3 N–H and O–H groups in total. The number of aromatic carboxylic acids is 1. The Labute approximate surface area is 87.9 Å². The highest BCUT2D eigenvalue weighted by molar-refractivity contribution is 6.14. The number of carboxylic acids is 1. The highest BCUT2D eigenvalue weighted by Crippen LogP contribution is 2.28. The molecule has 0 aliphatic heterocycles. The number of carbonyl (C=O) groups is 1. The molecule has 2 heterocycles. The van der Waals surface area contributed by atoms with Gasteiger partial charge in [-0.15, -0.1) is 0 Å². The summed E-state index contributed by atoms with van der Waals surface area (Å²) in [6.45, 7) is 0. The van der Waals surface area contributed by atoms with Gasteiger partial charge in [-0.3, -0.25) is 5.10 Å². The zero-order chi connectivity index (χ0) is 11.3. The van der Waals surface area contributed by atoms with E-state index in [1.165, 1.54) is 12.1 Å². The zero-order valence-electron chi connectivity index (χ0n) is 7.91. The van der Waals surface area contributed by atoms with Crippen LogP contribution in [-0.4, -0.2) is 26.3 Å². The molecule has 3 aromatic rings. The lowest BCUT2D eigenvalue weighted by Crippen LogP contribution is -1.96. The van der Waals surface area contributed by atoms with Crippen LogP contribution in [-0.2, 0) is 0 Å². The standard InChI is InChI=1S/C10H6FN3O2/c11-5-3-1-2-4-6-8(10(15)16)13-14-9(6)12-7(4)5/h1-3H,(H,15,16)(H2,12,13,14). The SMILES string of the molecule is O=C(O)c1[nH]nc2[nH]c3c(F)cccc3c12. The smallest absolute Gasteiger partial charge is 0.354 e. The van der Waals surface area contributed by atoms with Gasteiger partial charge in [0.2, 0.25) is 0 Å². The molecule has 3 rings (SSSR count). The molecule has 2 aromatic heterocycles. The van der Waals surface area contributed by atoms with Crippen LogP contribution in [0.25, 0.3) is 21.9 Å². The van der Waals surface area contributed by atoms with Crippen LogP contribution in [0.5, 0.6) is 0 Å². The molecule has 0 bridgehead atoms. The molecule has 0 amide bonds. The Kier molecular flexibility index (Phi) is 1.57. The fourth-order valence-corrected chi connectivity index (χ4v) is 1.83. The van der Waals surface area contributed by atoms with Crippen molar-refractivity contribution in [2.75, 3.05) is 0 Å². The summed E-state index contributed by atoms with van der Waals surface area (Å²) in [4.78, 5) is 13.7. The van der Waals surface area contributed by atoms with Gasteiger partial charge in [0.05, 0.1) is 10.9 Å². The van der Waals surface area contributed by atoms with E-state index < -0.39 is 11.8 Å². The van der Waals surface area contributed by atoms with E-state index in [9.17, 15) is 9.18 Å². The fourth-order valence-electron chi connectivity index (χ4n) is 1.83. The Balaban J connectivity index is 2.55. The Morgan fingerprint density at radius 2 is 2.25 bits per heavy atom. The largest absolute Gasteiger partial charge is 0.477 e. The number of hydrogen-bond donors (Lipinski definition) is 3. The summed E-state index contributed by atoms with van der Waals surface area (Å²) in [6.07, 6.45) is 0. The molecular formula is C10H6FN3O2. The summed E-state index contributed by atoms with van der Waals surface area (Å²) >= 11 is 0. The number of fused-ring (bicyclic) bond motifs is 3. The number of aromatic amines is 2. The van der Waals surface area contributed by atoms with Crippen molar-refractivity contribution in [1.29, 1.82) is 0 Å². The van der Waals surface area contributed by atoms with Crippen molar-refractivity contribution in [3.8, 4) is 0 Å². The maximum Gasteiger partial charge on any atom is 0.354 e. The predicted octanol–water partition coefficient (Wildman–Crippen LogP) is 1.88. The first-order chi connectivity index (χ1) is 7.68. The van der Waals surface area contributed by atoms with Gasteiger partial charge in [-0.25, -0.2) is 9.18 Å². The maximum absolute atomic E-state index is 13.4. The van der Waals surface area contributed by atoms with E-state index in [4.69, 9.17) is 5.11 Å². The second-order valence-electron chi connectivity index (χ2n) is 3.41. The topological polar surface area (TPSA) is 81.8 Å². The molecule has 0 saturated heterocycles. The van der Waals surface area contributed by atoms with Crippen LogP contribution in [0.3, 0.4) is 0 Å². The minimum Gasteiger partial charge on any atom is -0.477 e. The van der Waals surface area contributed by atoms with Crippen molar-refractivity contribution >= 4 is 27.9 Å². The molecule has 0 saturated carbocycles. The highest BCUT2D eigenvalue weighted by atomic mass is 19.1. The van der Waals surface area contributed by atoms with Crippen LogP contribution in [0, 0.1) is 5.82 Å². The normalized spacial score (nSPS) is 11.3. The van der Waals surface area contributed by atoms with Gasteiger partial charge in [0, 0.05) is 5.39 Å². The first-order valence-electron chi connectivity index (χ1n) is 4.56. The van der Waals surface area contributed by atoms with Crippen LogP contribution in [0.4, 0.5) is 4.39 Å². The first kappa shape index (κ1) is 8.90. The van der Waals surface area contributed by atoms with Crippen molar-refractivity contribution in [3.05, 3.63) is 29.7 Å². The lowest BCUT2D eigenvalue weighted by atomic mass is 10.2. The summed E-state index contributed by atoms with van der Waals surface area (Å²) in [5.41, 5.74) is 0.584. The number of halogens is 1. The molecule has 16 heavy (non-hydrogen) atoms. The molecule has 80 valence electrons. The van der Waals surface area contributed by atoms with Gasteiger partial charge < -0.3 is 10.1 Å². The third-order valence-electron chi connectivity index (χ3n) is 2.51. The molecule has 0 radical (unpaired) electrons. The fraction of sp³-hybridized carbons (Fsp3) is 0. The zero-order valence-corrected chi connectivity index (χ0v) is 7.91. The molecule has 0 aliphatic carbocycles. The number of nitrogens with zero attached hydrogens (tertiary/aromatic N) is 1. The first-order valence-corrected chi connectivity index (χ1v) is 4.56. The van der Waals surface area contributed by atoms with Gasteiger partial charge in [0.15, 0.2) is 11.3 Å². The van der Waals surface area contributed by atoms with Gasteiger partial charge >= 0.3 is 5.97 Å². The van der Waals surface area contributed by atoms with E-state index in [1.807, 2.05) is 0 Å². The van der Waals surface area contributed by atoms with Crippen molar-refractivity contribution in [2.24, 2.45) is 0 Å². The lowest BCUT2D eigenvalue weighted by Gasteiger charge is -1.92. The van der Waals surface area contributed by atoms with Gasteiger partial charge in [0.1, 0.15) is 5.82 Å². The molecule has 0 fully saturated rings. The third kappa shape index (κ3) is 0.979. The summed E-state index contributed by atoms with van der Waals surface area (Å²) in [5, 5.41) is 16.1. The summed E-state index contributed by atoms with van der Waals surface area (Å²) in [7, 11) is 0. The second-order valence-corrected chi connectivity index (χ2v) is 3.41. The number of benzene rings is 1. The number of rotatable bonds is 1. The van der Waals surface area contributed by atoms with Crippen LogP contribution >= 0.6 is 0 Å². The van der Waals surface area contributed by atoms with Crippen molar-refractivity contribution in [1.82, 2.24) is 15.2 Å². The van der Waals surface area contributed by atoms with Gasteiger partial charge in [0.25, 0.3) is 0 Å². The summed E-state index contributed by atoms with van der Waals surface area (Å²) in [6, 6.07) is 4.49. The molecular weight excluding hydrogens is 213 g/mol. The van der Waals surface area contributed by atoms with Gasteiger partial charge in [-0.1, -0.05) is 12.1 Å². The van der Waals surface area contributed by atoms with Gasteiger partial charge in [-0.2, -0.15) is 5.10 Å². The monoisotopic (exact) mass is 219 g/mol. The Hall–Kier alpha value is -2.37. The van der Waals surface area contributed by atoms with E-state index >= 15 is 0 Å².